The van der Waals surface area contributed by atoms with Gasteiger partial charge in [-0.1, -0.05) is 6.92 Å². The van der Waals surface area contributed by atoms with Crippen LogP contribution in [0, 0.1) is 11.7 Å². The minimum absolute atomic E-state index is 0.119. The quantitative estimate of drug-likeness (QED) is 0.864. The molecule has 1 atom stereocenters. The second-order valence-electron chi connectivity index (χ2n) is 3.99. The van der Waals surface area contributed by atoms with E-state index >= 15 is 0 Å². The zero-order chi connectivity index (χ0) is 13.8. The maximum Gasteiger partial charge on any atom is 0.209 e. The summed E-state index contributed by atoms with van der Waals surface area (Å²) in [5.41, 5.74) is 0. The summed E-state index contributed by atoms with van der Waals surface area (Å²) in [5, 5.41) is 4.98. The molecule has 0 saturated carbocycles. The zero-order valence-corrected chi connectivity index (χ0v) is 12.3. The summed E-state index contributed by atoms with van der Waals surface area (Å²) in [4.78, 5) is 0. The van der Waals surface area contributed by atoms with E-state index in [0.29, 0.717) is 16.6 Å². The number of rotatable bonds is 6. The second-order valence-corrected chi connectivity index (χ2v) is 6.50. The van der Waals surface area contributed by atoms with Crippen LogP contribution in [-0.4, -0.2) is 20.8 Å². The molecule has 0 spiro atoms. The predicted molar refractivity (Wildman–Crippen MR) is 71.4 cm³/mol. The molecule has 0 heterocycles. The number of benzene rings is 1. The van der Waals surface area contributed by atoms with Crippen molar-refractivity contribution in [1.82, 2.24) is 0 Å². The average molecular weight is 340 g/mol. The van der Waals surface area contributed by atoms with Crippen LogP contribution in [0.3, 0.4) is 0 Å². The van der Waals surface area contributed by atoms with Gasteiger partial charge in [0.05, 0.1) is 16.8 Å². The summed E-state index contributed by atoms with van der Waals surface area (Å²) in [5.74, 6) is -0.190. The summed E-state index contributed by atoms with van der Waals surface area (Å²) in [6, 6.07) is 4.27. The van der Waals surface area contributed by atoms with E-state index in [-0.39, 0.29) is 24.1 Å². The number of ether oxygens (including phenoxy) is 1. The highest BCUT2D eigenvalue weighted by molar-refractivity contribution is 9.10. The third-order valence-corrected chi connectivity index (χ3v) is 3.97. The molecule has 0 saturated heterocycles. The highest BCUT2D eigenvalue weighted by Crippen LogP contribution is 2.22. The minimum Gasteiger partial charge on any atom is -0.493 e. The Morgan fingerprint density at radius 2 is 2.17 bits per heavy atom. The maximum absolute atomic E-state index is 13.0. The molecule has 0 fully saturated rings. The van der Waals surface area contributed by atoms with Crippen molar-refractivity contribution in [3.63, 3.8) is 0 Å². The largest absolute Gasteiger partial charge is 0.493 e. The average Bonchev–Trinajstić information content (AvgIpc) is 2.27. The first-order valence-corrected chi connectivity index (χ1v) is 7.91. The summed E-state index contributed by atoms with van der Waals surface area (Å²) in [6.07, 6.45) is 0.638. The van der Waals surface area contributed by atoms with E-state index in [0.717, 1.165) is 0 Å². The third kappa shape index (κ3) is 5.32. The standard InChI is InChI=1S/C11H15BrFNO3S/c1-2-8(7-18(14,15)16)6-17-9-3-4-11(13)10(12)5-9/h3-5,8H,2,6-7H2,1H3,(H2,14,15,16). The predicted octanol–water partition coefficient (Wildman–Crippen LogP) is 2.28. The number of hydrogen-bond acceptors (Lipinski definition) is 3. The Balaban J connectivity index is 2.60. The van der Waals surface area contributed by atoms with E-state index in [4.69, 9.17) is 9.88 Å². The van der Waals surface area contributed by atoms with Crippen LogP contribution in [0.1, 0.15) is 13.3 Å². The van der Waals surface area contributed by atoms with Gasteiger partial charge in [-0.25, -0.2) is 17.9 Å². The number of halogens is 2. The lowest BCUT2D eigenvalue weighted by atomic mass is 10.1. The Morgan fingerprint density at radius 3 is 2.67 bits per heavy atom. The van der Waals surface area contributed by atoms with E-state index in [1.807, 2.05) is 6.92 Å². The molecule has 1 aromatic carbocycles. The van der Waals surface area contributed by atoms with Crippen molar-refractivity contribution in [2.24, 2.45) is 11.1 Å². The molecule has 0 bridgehead atoms. The van der Waals surface area contributed by atoms with Crippen molar-refractivity contribution >= 4 is 26.0 Å². The van der Waals surface area contributed by atoms with Crippen molar-refractivity contribution < 1.29 is 17.5 Å². The monoisotopic (exact) mass is 339 g/mol. The van der Waals surface area contributed by atoms with Gasteiger partial charge in [0.1, 0.15) is 11.6 Å². The van der Waals surface area contributed by atoms with Crippen molar-refractivity contribution in [2.75, 3.05) is 12.4 Å². The van der Waals surface area contributed by atoms with Crippen LogP contribution in [0.25, 0.3) is 0 Å². The molecule has 2 N–H and O–H groups in total. The maximum atomic E-state index is 13.0. The lowest BCUT2D eigenvalue weighted by Crippen LogP contribution is -2.26. The van der Waals surface area contributed by atoms with Crippen LogP contribution in [0.4, 0.5) is 4.39 Å². The molecule has 0 amide bonds. The van der Waals surface area contributed by atoms with Gasteiger partial charge < -0.3 is 4.74 Å². The molecule has 0 aliphatic heterocycles. The van der Waals surface area contributed by atoms with Gasteiger partial charge in [-0.3, -0.25) is 0 Å². The summed E-state index contributed by atoms with van der Waals surface area (Å²) < 4.78 is 40.7. The van der Waals surface area contributed by atoms with Gasteiger partial charge in [-0.2, -0.15) is 0 Å². The molecule has 1 aromatic rings. The van der Waals surface area contributed by atoms with Crippen LogP contribution in [0.15, 0.2) is 22.7 Å². The fourth-order valence-electron chi connectivity index (χ4n) is 1.39. The van der Waals surface area contributed by atoms with Crippen molar-refractivity contribution in [2.45, 2.75) is 13.3 Å². The molecule has 7 heteroatoms. The molecule has 1 rings (SSSR count). The third-order valence-electron chi connectivity index (χ3n) is 2.42. The Morgan fingerprint density at radius 1 is 1.50 bits per heavy atom. The second kappa shape index (κ2) is 6.49. The number of nitrogens with two attached hydrogens (primary N) is 1. The van der Waals surface area contributed by atoms with Crippen LogP contribution in [0.5, 0.6) is 5.75 Å². The number of primary sulfonamides is 1. The topological polar surface area (TPSA) is 69.4 Å². The van der Waals surface area contributed by atoms with E-state index in [9.17, 15) is 12.8 Å². The van der Waals surface area contributed by atoms with Gasteiger partial charge in [-0.05, 0) is 40.5 Å². The van der Waals surface area contributed by atoms with Crippen molar-refractivity contribution in [3.8, 4) is 5.75 Å². The van der Waals surface area contributed by atoms with Gasteiger partial charge >= 0.3 is 0 Å². The fourth-order valence-corrected chi connectivity index (χ4v) is 2.74. The number of hydrogen-bond donors (Lipinski definition) is 1. The van der Waals surface area contributed by atoms with Crippen molar-refractivity contribution in [3.05, 3.63) is 28.5 Å². The summed E-state index contributed by atoms with van der Waals surface area (Å²) >= 11 is 3.05. The SMILES string of the molecule is CCC(COc1ccc(F)c(Br)c1)CS(N)(=O)=O. The smallest absolute Gasteiger partial charge is 0.209 e. The summed E-state index contributed by atoms with van der Waals surface area (Å²) in [7, 11) is -3.50. The van der Waals surface area contributed by atoms with E-state index in [2.05, 4.69) is 15.9 Å². The fraction of sp³-hybridized carbons (Fsp3) is 0.455. The van der Waals surface area contributed by atoms with Crippen LogP contribution in [0.2, 0.25) is 0 Å². The highest BCUT2D eigenvalue weighted by atomic mass is 79.9. The molecular weight excluding hydrogens is 325 g/mol. The zero-order valence-electron chi connectivity index (χ0n) is 9.90. The van der Waals surface area contributed by atoms with Crippen molar-refractivity contribution in [1.29, 1.82) is 0 Å². The van der Waals surface area contributed by atoms with Gasteiger partial charge in [0, 0.05) is 5.92 Å². The molecule has 0 radical (unpaired) electrons. The molecule has 0 aliphatic rings. The van der Waals surface area contributed by atoms with E-state index in [1.54, 1.807) is 0 Å². The normalized spacial score (nSPS) is 13.3. The first kappa shape index (κ1) is 15.4. The first-order valence-electron chi connectivity index (χ1n) is 5.40. The van der Waals surface area contributed by atoms with Crippen LogP contribution < -0.4 is 9.88 Å². The molecule has 18 heavy (non-hydrogen) atoms. The Labute approximate surface area is 115 Å². The van der Waals surface area contributed by atoms with Crippen LogP contribution in [-0.2, 0) is 10.0 Å². The lowest BCUT2D eigenvalue weighted by Gasteiger charge is -2.14. The van der Waals surface area contributed by atoms with E-state index in [1.165, 1.54) is 18.2 Å². The molecule has 0 aromatic heterocycles. The Kier molecular flexibility index (Phi) is 5.55. The minimum atomic E-state index is -3.50. The Hall–Kier alpha value is -0.660. The molecule has 102 valence electrons. The molecular formula is C11H15BrFNO3S. The molecule has 4 nitrogen and oxygen atoms in total. The highest BCUT2D eigenvalue weighted by Gasteiger charge is 2.15. The molecule has 0 aliphatic carbocycles. The van der Waals surface area contributed by atoms with Gasteiger partial charge in [0.2, 0.25) is 10.0 Å². The number of sulfonamides is 1. The van der Waals surface area contributed by atoms with Gasteiger partial charge in [0.15, 0.2) is 0 Å². The molecule has 1 unspecified atom stereocenters. The Bertz CT molecular complexity index is 507. The summed E-state index contributed by atoms with van der Waals surface area (Å²) in [6.45, 7) is 2.09. The van der Waals surface area contributed by atoms with Gasteiger partial charge in [0.25, 0.3) is 0 Å². The van der Waals surface area contributed by atoms with Crippen LogP contribution >= 0.6 is 15.9 Å². The van der Waals surface area contributed by atoms with E-state index < -0.39 is 10.0 Å². The first-order chi connectivity index (χ1) is 8.31. The lowest BCUT2D eigenvalue weighted by molar-refractivity contribution is 0.257. The van der Waals surface area contributed by atoms with Gasteiger partial charge in [-0.15, -0.1) is 0 Å².